The molecule has 2 saturated carbocycles. The standard InChI is InChI=1S/C25H26ClFN4O3/c26-19-8-15(27)9-20-18(19)10-21(30-20)25(34)31-12-14-4-1-5-17(14)23(31)24(33)29-16(11-28)7-13-3-2-6-22(13)32/h8-10,13-14,16-17,23,30H,1-7,12H2,(H,29,33)/t13-,14-,16-,17-,23-/m0/s1. The molecule has 2 amide bonds. The van der Waals surface area contributed by atoms with Crippen LogP contribution in [-0.4, -0.2) is 46.1 Å². The summed E-state index contributed by atoms with van der Waals surface area (Å²) < 4.78 is 13.8. The lowest BCUT2D eigenvalue weighted by atomic mass is 9.92. The molecular formula is C25H26ClFN4O3. The number of carbonyl (C=O) groups is 3. The van der Waals surface area contributed by atoms with E-state index in [1.54, 1.807) is 11.0 Å². The fraction of sp³-hybridized carbons (Fsp3) is 0.520. The second-order valence-electron chi connectivity index (χ2n) is 9.77. The molecule has 2 heterocycles. The normalized spacial score (nSPS) is 27.1. The largest absolute Gasteiger partial charge is 0.350 e. The minimum Gasteiger partial charge on any atom is -0.350 e. The number of hydrogen-bond donors (Lipinski definition) is 2. The zero-order valence-electron chi connectivity index (χ0n) is 18.7. The van der Waals surface area contributed by atoms with Crippen LogP contribution in [0.15, 0.2) is 18.2 Å². The maximum Gasteiger partial charge on any atom is 0.271 e. The van der Waals surface area contributed by atoms with Gasteiger partial charge in [-0.2, -0.15) is 5.26 Å². The molecule has 1 saturated heterocycles. The Bertz CT molecular complexity index is 1200. The summed E-state index contributed by atoms with van der Waals surface area (Å²) in [4.78, 5) is 43.5. The highest BCUT2D eigenvalue weighted by molar-refractivity contribution is 6.35. The Hall–Kier alpha value is -2.92. The van der Waals surface area contributed by atoms with Crippen molar-refractivity contribution in [2.75, 3.05) is 6.54 Å². The summed E-state index contributed by atoms with van der Waals surface area (Å²) in [7, 11) is 0. The van der Waals surface area contributed by atoms with Crippen molar-refractivity contribution in [1.29, 1.82) is 5.26 Å². The smallest absolute Gasteiger partial charge is 0.271 e. The van der Waals surface area contributed by atoms with Crippen LogP contribution in [0.25, 0.3) is 10.9 Å². The molecule has 1 aromatic heterocycles. The molecule has 0 unspecified atom stereocenters. The van der Waals surface area contributed by atoms with Crippen LogP contribution >= 0.6 is 11.6 Å². The number of H-pyrrole nitrogens is 1. The minimum atomic E-state index is -0.771. The first kappa shape index (κ1) is 22.9. The summed E-state index contributed by atoms with van der Waals surface area (Å²) in [5.74, 6) is -0.987. The third kappa shape index (κ3) is 4.07. The molecule has 0 spiro atoms. The predicted molar refractivity (Wildman–Crippen MR) is 123 cm³/mol. The molecule has 9 heteroatoms. The average molecular weight is 485 g/mol. The summed E-state index contributed by atoms with van der Waals surface area (Å²) in [6, 6.07) is 4.73. The number of rotatable bonds is 5. The Balaban J connectivity index is 1.38. The molecule has 34 heavy (non-hydrogen) atoms. The Morgan fingerprint density at radius 2 is 2.09 bits per heavy atom. The number of amides is 2. The van der Waals surface area contributed by atoms with Gasteiger partial charge in [0.15, 0.2) is 0 Å². The van der Waals surface area contributed by atoms with Crippen LogP contribution in [0, 0.1) is 34.9 Å². The molecule has 0 radical (unpaired) electrons. The average Bonchev–Trinajstić information content (AvgIpc) is 3.56. The van der Waals surface area contributed by atoms with Gasteiger partial charge >= 0.3 is 0 Å². The van der Waals surface area contributed by atoms with Gasteiger partial charge in [0.1, 0.15) is 29.4 Å². The number of hydrogen-bond acceptors (Lipinski definition) is 4. The van der Waals surface area contributed by atoms with Crippen molar-refractivity contribution in [3.63, 3.8) is 0 Å². The number of nitrogens with one attached hydrogen (secondary N) is 2. The van der Waals surface area contributed by atoms with Gasteiger partial charge in [0.05, 0.1) is 16.6 Å². The van der Waals surface area contributed by atoms with Gasteiger partial charge in [-0.3, -0.25) is 14.4 Å². The van der Waals surface area contributed by atoms with Crippen LogP contribution in [0.2, 0.25) is 5.02 Å². The number of halogens is 2. The van der Waals surface area contributed by atoms with E-state index in [-0.39, 0.29) is 46.1 Å². The molecule has 0 bridgehead atoms. The van der Waals surface area contributed by atoms with Gasteiger partial charge in [0, 0.05) is 24.3 Å². The molecule has 7 nitrogen and oxygen atoms in total. The summed E-state index contributed by atoms with van der Waals surface area (Å²) in [5, 5.41) is 13.2. The van der Waals surface area contributed by atoms with E-state index in [0.29, 0.717) is 30.3 Å². The molecule has 3 aliphatic rings. The Kier molecular flexibility index (Phi) is 6.07. The van der Waals surface area contributed by atoms with E-state index in [1.165, 1.54) is 12.1 Å². The van der Waals surface area contributed by atoms with E-state index in [2.05, 4.69) is 16.4 Å². The van der Waals surface area contributed by atoms with Crippen molar-refractivity contribution in [3.8, 4) is 6.07 Å². The molecule has 1 aliphatic heterocycles. The summed E-state index contributed by atoms with van der Waals surface area (Å²) in [5.41, 5.74) is 0.660. The highest BCUT2D eigenvalue weighted by Gasteiger charge is 2.50. The van der Waals surface area contributed by atoms with E-state index < -0.39 is 17.9 Å². The van der Waals surface area contributed by atoms with Gasteiger partial charge in [0.25, 0.3) is 5.91 Å². The van der Waals surface area contributed by atoms with Crippen molar-refractivity contribution in [1.82, 2.24) is 15.2 Å². The van der Waals surface area contributed by atoms with Crippen LogP contribution in [0.1, 0.15) is 55.4 Å². The van der Waals surface area contributed by atoms with Crippen molar-refractivity contribution in [2.24, 2.45) is 17.8 Å². The van der Waals surface area contributed by atoms with E-state index in [9.17, 15) is 24.0 Å². The van der Waals surface area contributed by atoms with Crippen molar-refractivity contribution < 1.29 is 18.8 Å². The third-order valence-electron chi connectivity index (χ3n) is 7.73. The molecule has 5 rings (SSSR count). The Labute approximate surface area is 201 Å². The van der Waals surface area contributed by atoms with Gasteiger partial charge in [-0.15, -0.1) is 0 Å². The van der Waals surface area contributed by atoms with Crippen molar-refractivity contribution in [2.45, 2.75) is 57.0 Å². The maximum absolute atomic E-state index is 13.8. The summed E-state index contributed by atoms with van der Waals surface area (Å²) in [6.07, 6.45) is 5.19. The quantitative estimate of drug-likeness (QED) is 0.669. The maximum atomic E-state index is 13.8. The number of nitriles is 1. The number of ketones is 1. The van der Waals surface area contributed by atoms with E-state index in [1.807, 2.05) is 0 Å². The van der Waals surface area contributed by atoms with Crippen LogP contribution in [0.4, 0.5) is 4.39 Å². The lowest BCUT2D eigenvalue weighted by Crippen LogP contribution is -2.51. The fourth-order valence-electron chi connectivity index (χ4n) is 6.10. The Morgan fingerprint density at radius 3 is 2.82 bits per heavy atom. The van der Waals surface area contributed by atoms with Crippen LogP contribution in [-0.2, 0) is 9.59 Å². The second-order valence-corrected chi connectivity index (χ2v) is 10.2. The van der Waals surface area contributed by atoms with Gasteiger partial charge in [-0.25, -0.2) is 4.39 Å². The van der Waals surface area contributed by atoms with Crippen LogP contribution < -0.4 is 5.32 Å². The van der Waals surface area contributed by atoms with Gasteiger partial charge < -0.3 is 15.2 Å². The number of aromatic amines is 1. The van der Waals surface area contributed by atoms with Gasteiger partial charge in [0.2, 0.25) is 5.91 Å². The first-order valence-corrected chi connectivity index (χ1v) is 12.2. The second kappa shape index (κ2) is 9.03. The first-order valence-electron chi connectivity index (χ1n) is 11.9. The lowest BCUT2D eigenvalue weighted by Gasteiger charge is -2.28. The predicted octanol–water partition coefficient (Wildman–Crippen LogP) is 3.97. The lowest BCUT2D eigenvalue weighted by molar-refractivity contribution is -0.127. The molecule has 3 fully saturated rings. The zero-order chi connectivity index (χ0) is 24.0. The Morgan fingerprint density at radius 1 is 1.26 bits per heavy atom. The van der Waals surface area contributed by atoms with Crippen molar-refractivity contribution in [3.05, 3.63) is 34.7 Å². The van der Waals surface area contributed by atoms with Crippen molar-refractivity contribution >= 4 is 40.1 Å². The molecule has 178 valence electrons. The molecule has 2 aromatic rings. The molecule has 2 N–H and O–H groups in total. The number of fused-ring (bicyclic) bond motifs is 2. The van der Waals surface area contributed by atoms with E-state index >= 15 is 0 Å². The minimum absolute atomic E-state index is 0.0295. The molecule has 2 aliphatic carbocycles. The number of aromatic nitrogens is 1. The van der Waals surface area contributed by atoms with Gasteiger partial charge in [-0.05, 0) is 62.1 Å². The SMILES string of the molecule is N#C[C@H](C[C@@H]1CCCC1=O)NC(=O)[C@@H]1[C@H]2CCC[C@H]2CN1C(=O)c1cc2c(Cl)cc(F)cc2[nH]1. The first-order chi connectivity index (χ1) is 16.4. The monoisotopic (exact) mass is 484 g/mol. The molecule has 1 aromatic carbocycles. The summed E-state index contributed by atoms with van der Waals surface area (Å²) in [6.45, 7) is 0.456. The van der Waals surface area contributed by atoms with E-state index in [4.69, 9.17) is 11.6 Å². The summed E-state index contributed by atoms with van der Waals surface area (Å²) >= 11 is 6.15. The number of benzene rings is 1. The fourth-order valence-corrected chi connectivity index (χ4v) is 6.36. The number of Topliss-reactive ketones (excluding diaryl/α,β-unsaturated/α-hetero) is 1. The number of nitrogens with zero attached hydrogens (tertiary/aromatic N) is 2. The zero-order valence-corrected chi connectivity index (χ0v) is 19.4. The third-order valence-corrected chi connectivity index (χ3v) is 8.04. The van der Waals surface area contributed by atoms with Crippen LogP contribution in [0.3, 0.4) is 0 Å². The van der Waals surface area contributed by atoms with Gasteiger partial charge in [-0.1, -0.05) is 18.0 Å². The van der Waals surface area contributed by atoms with E-state index in [0.717, 1.165) is 32.1 Å². The van der Waals surface area contributed by atoms with Crippen LogP contribution in [0.5, 0.6) is 0 Å². The highest BCUT2D eigenvalue weighted by atomic mass is 35.5. The number of carbonyl (C=O) groups excluding carboxylic acids is 3. The highest BCUT2D eigenvalue weighted by Crippen LogP contribution is 2.43. The molecular weight excluding hydrogens is 459 g/mol. The topological polar surface area (TPSA) is 106 Å². The molecule has 5 atom stereocenters. The number of likely N-dealkylation sites (tertiary alicyclic amines) is 1.